The van der Waals surface area contributed by atoms with Crippen molar-refractivity contribution in [3.8, 4) is 0 Å². The molecular weight excluding hydrogens is 314 g/mol. The highest BCUT2D eigenvalue weighted by atomic mass is 16.5. The topological polar surface area (TPSA) is 46.1 Å². The summed E-state index contributed by atoms with van der Waals surface area (Å²) in [6.45, 7) is 9.28. The van der Waals surface area contributed by atoms with E-state index in [1.54, 1.807) is 0 Å². The zero-order valence-electron chi connectivity index (χ0n) is 15.5. The van der Waals surface area contributed by atoms with Gasteiger partial charge in [0, 0.05) is 32.8 Å². The van der Waals surface area contributed by atoms with Gasteiger partial charge in [-0.1, -0.05) is 29.8 Å². The Morgan fingerprint density at radius 3 is 2.72 bits per heavy atom. The number of nitrogens with zero attached hydrogens (tertiary/aromatic N) is 2. The van der Waals surface area contributed by atoms with Crippen molar-refractivity contribution in [3.05, 3.63) is 35.4 Å². The summed E-state index contributed by atoms with van der Waals surface area (Å²) < 4.78 is 11.8. The third kappa shape index (κ3) is 5.19. The van der Waals surface area contributed by atoms with Gasteiger partial charge in [-0.15, -0.1) is 0 Å². The number of nitrogens with one attached hydrogen (secondary N) is 1. The van der Waals surface area contributed by atoms with Crippen LogP contribution in [0.15, 0.2) is 29.3 Å². The molecule has 25 heavy (non-hydrogen) atoms. The van der Waals surface area contributed by atoms with Crippen molar-refractivity contribution in [2.45, 2.75) is 45.3 Å². The third-order valence-corrected chi connectivity index (χ3v) is 4.89. The molecule has 0 radical (unpaired) electrons. The fourth-order valence-corrected chi connectivity index (χ4v) is 3.46. The molecule has 2 aliphatic heterocycles. The SMILES string of the molecule is CCNC(=NCCc1ccc(C)cc1)N1CCOC(C2CCCO2)C1. The molecule has 0 amide bonds. The number of guanidine groups is 1. The van der Waals surface area contributed by atoms with Crippen LogP contribution in [-0.4, -0.2) is 62.5 Å². The molecule has 2 heterocycles. The summed E-state index contributed by atoms with van der Waals surface area (Å²) in [4.78, 5) is 7.18. The summed E-state index contributed by atoms with van der Waals surface area (Å²) in [5.41, 5.74) is 2.64. The molecule has 3 rings (SSSR count). The molecule has 0 aromatic heterocycles. The molecule has 2 aliphatic rings. The van der Waals surface area contributed by atoms with Crippen LogP contribution in [0.2, 0.25) is 0 Å². The quantitative estimate of drug-likeness (QED) is 0.657. The van der Waals surface area contributed by atoms with Gasteiger partial charge < -0.3 is 19.7 Å². The van der Waals surface area contributed by atoms with Gasteiger partial charge in [-0.3, -0.25) is 4.99 Å². The molecule has 0 aliphatic carbocycles. The van der Waals surface area contributed by atoms with Crippen molar-refractivity contribution < 1.29 is 9.47 Å². The van der Waals surface area contributed by atoms with Crippen LogP contribution in [0.3, 0.4) is 0 Å². The second kappa shape index (κ2) is 9.20. The van der Waals surface area contributed by atoms with Crippen LogP contribution in [0.25, 0.3) is 0 Å². The first-order valence-corrected chi connectivity index (χ1v) is 9.58. The van der Waals surface area contributed by atoms with Crippen LogP contribution in [-0.2, 0) is 15.9 Å². The maximum atomic E-state index is 5.96. The van der Waals surface area contributed by atoms with E-state index in [2.05, 4.69) is 48.3 Å². The van der Waals surface area contributed by atoms with Crippen LogP contribution < -0.4 is 5.32 Å². The molecule has 5 nitrogen and oxygen atoms in total. The van der Waals surface area contributed by atoms with Gasteiger partial charge in [0.1, 0.15) is 6.10 Å². The van der Waals surface area contributed by atoms with E-state index in [0.717, 1.165) is 64.6 Å². The highest BCUT2D eigenvalue weighted by molar-refractivity contribution is 5.80. The molecule has 2 fully saturated rings. The minimum atomic E-state index is 0.164. The van der Waals surface area contributed by atoms with Gasteiger partial charge in [0.25, 0.3) is 0 Å². The lowest BCUT2D eigenvalue weighted by Gasteiger charge is -2.37. The van der Waals surface area contributed by atoms with Crippen LogP contribution in [0.4, 0.5) is 0 Å². The summed E-state index contributed by atoms with van der Waals surface area (Å²) in [6, 6.07) is 8.72. The Bertz CT molecular complexity index is 553. The minimum Gasteiger partial charge on any atom is -0.375 e. The predicted molar refractivity (Wildman–Crippen MR) is 101 cm³/mol. The van der Waals surface area contributed by atoms with E-state index < -0.39 is 0 Å². The van der Waals surface area contributed by atoms with E-state index in [1.807, 2.05) is 0 Å². The summed E-state index contributed by atoms with van der Waals surface area (Å²) in [7, 11) is 0. The Morgan fingerprint density at radius 1 is 1.20 bits per heavy atom. The summed E-state index contributed by atoms with van der Waals surface area (Å²) in [5, 5.41) is 3.44. The number of hydrogen-bond donors (Lipinski definition) is 1. The molecule has 2 unspecified atom stereocenters. The van der Waals surface area contributed by atoms with Gasteiger partial charge in [0.2, 0.25) is 0 Å². The lowest BCUT2D eigenvalue weighted by atomic mass is 10.1. The number of hydrogen-bond acceptors (Lipinski definition) is 3. The van der Waals surface area contributed by atoms with E-state index in [1.165, 1.54) is 11.1 Å². The smallest absolute Gasteiger partial charge is 0.194 e. The lowest BCUT2D eigenvalue weighted by molar-refractivity contribution is -0.0817. The molecule has 0 saturated carbocycles. The average Bonchev–Trinajstić information content (AvgIpc) is 3.17. The molecular formula is C20H31N3O2. The van der Waals surface area contributed by atoms with Gasteiger partial charge in [0.15, 0.2) is 5.96 Å². The molecule has 5 heteroatoms. The number of benzene rings is 1. The Kier molecular flexibility index (Phi) is 6.70. The standard InChI is InChI=1S/C20H31N3O2/c1-3-21-20(22-11-10-17-8-6-16(2)7-9-17)23-12-14-25-19(15-23)18-5-4-13-24-18/h6-9,18-19H,3-5,10-15H2,1-2H3,(H,21,22). The van der Waals surface area contributed by atoms with Crippen molar-refractivity contribution in [2.24, 2.45) is 4.99 Å². The van der Waals surface area contributed by atoms with Crippen molar-refractivity contribution in [1.29, 1.82) is 0 Å². The van der Waals surface area contributed by atoms with Crippen molar-refractivity contribution in [1.82, 2.24) is 10.2 Å². The zero-order chi connectivity index (χ0) is 17.5. The first kappa shape index (κ1) is 18.2. The van der Waals surface area contributed by atoms with Gasteiger partial charge in [-0.2, -0.15) is 0 Å². The maximum Gasteiger partial charge on any atom is 0.194 e. The van der Waals surface area contributed by atoms with Crippen LogP contribution >= 0.6 is 0 Å². The molecule has 2 atom stereocenters. The Morgan fingerprint density at radius 2 is 2.00 bits per heavy atom. The number of morpholine rings is 1. The Labute approximate surface area is 151 Å². The average molecular weight is 345 g/mol. The monoisotopic (exact) mass is 345 g/mol. The summed E-state index contributed by atoms with van der Waals surface area (Å²) in [5.74, 6) is 1.00. The lowest BCUT2D eigenvalue weighted by Crippen LogP contribution is -2.53. The molecule has 138 valence electrons. The van der Waals surface area contributed by atoms with Crippen LogP contribution in [0, 0.1) is 6.92 Å². The second-order valence-corrected chi connectivity index (χ2v) is 6.88. The number of aryl methyl sites for hydroxylation is 1. The first-order valence-electron chi connectivity index (χ1n) is 9.58. The van der Waals surface area contributed by atoms with Crippen molar-refractivity contribution in [3.63, 3.8) is 0 Å². The first-order chi connectivity index (χ1) is 12.3. The van der Waals surface area contributed by atoms with E-state index >= 15 is 0 Å². The number of ether oxygens (including phenoxy) is 2. The maximum absolute atomic E-state index is 5.96. The van der Waals surface area contributed by atoms with Gasteiger partial charge in [-0.05, 0) is 38.7 Å². The van der Waals surface area contributed by atoms with E-state index in [0.29, 0.717) is 0 Å². The van der Waals surface area contributed by atoms with Gasteiger partial charge in [-0.25, -0.2) is 0 Å². The number of rotatable bonds is 5. The molecule has 2 saturated heterocycles. The van der Waals surface area contributed by atoms with Crippen molar-refractivity contribution in [2.75, 3.05) is 39.4 Å². The third-order valence-electron chi connectivity index (χ3n) is 4.89. The number of aliphatic imine (C=N–C) groups is 1. The molecule has 1 aromatic carbocycles. The van der Waals surface area contributed by atoms with Crippen LogP contribution in [0.5, 0.6) is 0 Å². The largest absolute Gasteiger partial charge is 0.375 e. The fraction of sp³-hybridized carbons (Fsp3) is 0.650. The summed E-state index contributed by atoms with van der Waals surface area (Å²) >= 11 is 0. The highest BCUT2D eigenvalue weighted by Crippen LogP contribution is 2.21. The van der Waals surface area contributed by atoms with Gasteiger partial charge in [0.05, 0.1) is 12.7 Å². The van der Waals surface area contributed by atoms with E-state index in [-0.39, 0.29) is 12.2 Å². The zero-order valence-corrected chi connectivity index (χ0v) is 15.5. The predicted octanol–water partition coefficient (Wildman–Crippen LogP) is 2.38. The van der Waals surface area contributed by atoms with Crippen molar-refractivity contribution >= 4 is 5.96 Å². The van der Waals surface area contributed by atoms with E-state index in [9.17, 15) is 0 Å². The minimum absolute atomic E-state index is 0.164. The Balaban J connectivity index is 1.57. The normalized spacial score (nSPS) is 24.6. The van der Waals surface area contributed by atoms with Gasteiger partial charge >= 0.3 is 0 Å². The fourth-order valence-electron chi connectivity index (χ4n) is 3.46. The Hall–Kier alpha value is -1.59. The highest BCUT2D eigenvalue weighted by Gasteiger charge is 2.32. The summed E-state index contributed by atoms with van der Waals surface area (Å²) in [6.07, 6.45) is 3.64. The molecule has 1 N–H and O–H groups in total. The van der Waals surface area contributed by atoms with E-state index in [4.69, 9.17) is 14.5 Å². The molecule has 0 spiro atoms. The molecule has 1 aromatic rings. The van der Waals surface area contributed by atoms with Crippen LogP contribution in [0.1, 0.15) is 30.9 Å². The molecule has 0 bridgehead atoms. The second-order valence-electron chi connectivity index (χ2n) is 6.88.